The van der Waals surface area contributed by atoms with Crippen molar-refractivity contribution in [2.75, 3.05) is 13.1 Å². The Labute approximate surface area is 151 Å². The summed E-state index contributed by atoms with van der Waals surface area (Å²) < 4.78 is 5.69. The van der Waals surface area contributed by atoms with Gasteiger partial charge in [0.15, 0.2) is 0 Å². The van der Waals surface area contributed by atoms with Crippen molar-refractivity contribution >= 4 is 18.0 Å². The summed E-state index contributed by atoms with van der Waals surface area (Å²) in [6, 6.07) is 11.2. The van der Waals surface area contributed by atoms with Crippen LogP contribution in [0.4, 0.5) is 0 Å². The topological polar surface area (TPSA) is 79.7 Å². The Morgan fingerprint density at radius 3 is 2.73 bits per heavy atom. The molecule has 1 atom stereocenters. The van der Waals surface area contributed by atoms with Gasteiger partial charge in [0.05, 0.1) is 5.92 Å². The minimum Gasteiger partial charge on any atom is -0.489 e. The molecular formula is C20H20N2O4. The molecule has 1 aromatic carbocycles. The van der Waals surface area contributed by atoms with Gasteiger partial charge in [0, 0.05) is 37.1 Å². The Bertz CT molecular complexity index is 787. The first kappa shape index (κ1) is 17.7. The number of carbonyl (C=O) groups excluding carboxylic acids is 1. The number of carbonyl (C=O) groups is 2. The van der Waals surface area contributed by atoms with Crippen molar-refractivity contribution in [1.29, 1.82) is 0 Å². The number of pyridine rings is 1. The van der Waals surface area contributed by atoms with E-state index >= 15 is 0 Å². The molecule has 3 rings (SSSR count). The van der Waals surface area contributed by atoms with Crippen LogP contribution in [-0.4, -0.2) is 40.0 Å². The second-order valence-corrected chi connectivity index (χ2v) is 6.16. The van der Waals surface area contributed by atoms with Crippen LogP contribution < -0.4 is 4.74 Å². The van der Waals surface area contributed by atoms with Crippen molar-refractivity contribution in [2.24, 2.45) is 5.92 Å². The number of amides is 1. The Hall–Kier alpha value is -3.15. The summed E-state index contributed by atoms with van der Waals surface area (Å²) in [6.45, 7) is 1.21. The number of likely N-dealkylation sites (tertiary alicyclic amines) is 1. The maximum absolute atomic E-state index is 12.1. The van der Waals surface area contributed by atoms with Gasteiger partial charge in [-0.05, 0) is 36.3 Å². The van der Waals surface area contributed by atoms with E-state index in [1.165, 1.54) is 6.08 Å². The van der Waals surface area contributed by atoms with Crippen molar-refractivity contribution in [2.45, 2.75) is 13.0 Å². The zero-order valence-electron chi connectivity index (χ0n) is 14.2. The van der Waals surface area contributed by atoms with E-state index in [4.69, 9.17) is 9.84 Å². The standard InChI is InChI=1S/C20H20N2O4/c23-19(22-11-9-17(13-22)20(24)25)8-5-15-3-6-18(7-4-15)26-14-16-2-1-10-21-12-16/h1-8,10,12,17H,9,11,13-14H2,(H,24,25). The highest BCUT2D eigenvalue weighted by Gasteiger charge is 2.29. The third kappa shape index (κ3) is 4.69. The molecule has 1 saturated heterocycles. The van der Waals surface area contributed by atoms with E-state index in [1.807, 2.05) is 36.4 Å². The summed E-state index contributed by atoms with van der Waals surface area (Å²) in [6.07, 6.45) is 7.20. The second kappa shape index (κ2) is 8.29. The number of nitrogens with zero attached hydrogens (tertiary/aromatic N) is 2. The van der Waals surface area contributed by atoms with Crippen molar-refractivity contribution in [1.82, 2.24) is 9.88 Å². The van der Waals surface area contributed by atoms with Gasteiger partial charge < -0.3 is 14.7 Å². The number of carboxylic acid groups (broad SMARTS) is 1. The molecule has 26 heavy (non-hydrogen) atoms. The number of ether oxygens (including phenoxy) is 1. The molecule has 0 spiro atoms. The fraction of sp³-hybridized carbons (Fsp3) is 0.250. The lowest BCUT2D eigenvalue weighted by Gasteiger charge is -2.12. The molecule has 1 aliphatic heterocycles. The second-order valence-electron chi connectivity index (χ2n) is 6.16. The maximum atomic E-state index is 12.1. The predicted octanol–water partition coefficient (Wildman–Crippen LogP) is 2.61. The zero-order chi connectivity index (χ0) is 18.4. The van der Waals surface area contributed by atoms with E-state index in [0.717, 1.165) is 16.9 Å². The summed E-state index contributed by atoms with van der Waals surface area (Å²) >= 11 is 0. The molecule has 0 aliphatic carbocycles. The lowest BCUT2D eigenvalue weighted by molar-refractivity contribution is -0.141. The van der Waals surface area contributed by atoms with Gasteiger partial charge >= 0.3 is 5.97 Å². The first-order valence-electron chi connectivity index (χ1n) is 8.43. The molecule has 1 aromatic heterocycles. The highest BCUT2D eigenvalue weighted by Crippen LogP contribution is 2.18. The van der Waals surface area contributed by atoms with Crippen LogP contribution >= 0.6 is 0 Å². The van der Waals surface area contributed by atoms with Crippen LogP contribution in [0, 0.1) is 5.92 Å². The van der Waals surface area contributed by atoms with Gasteiger partial charge in [-0.2, -0.15) is 0 Å². The Morgan fingerprint density at radius 2 is 2.08 bits per heavy atom. The maximum Gasteiger partial charge on any atom is 0.308 e. The van der Waals surface area contributed by atoms with Gasteiger partial charge in [-0.25, -0.2) is 0 Å². The fourth-order valence-electron chi connectivity index (χ4n) is 2.76. The van der Waals surface area contributed by atoms with Crippen LogP contribution in [-0.2, 0) is 16.2 Å². The van der Waals surface area contributed by atoms with Gasteiger partial charge in [-0.3, -0.25) is 14.6 Å². The van der Waals surface area contributed by atoms with Gasteiger partial charge in [0.1, 0.15) is 12.4 Å². The first-order chi connectivity index (χ1) is 12.6. The average Bonchev–Trinajstić information content (AvgIpc) is 3.17. The minimum atomic E-state index is -0.842. The number of aliphatic carboxylic acids is 1. The van der Waals surface area contributed by atoms with E-state index < -0.39 is 11.9 Å². The Morgan fingerprint density at radius 1 is 1.27 bits per heavy atom. The number of benzene rings is 1. The molecule has 2 heterocycles. The van der Waals surface area contributed by atoms with Crippen molar-refractivity contribution in [3.05, 3.63) is 66.0 Å². The lowest BCUT2D eigenvalue weighted by Crippen LogP contribution is -2.28. The summed E-state index contributed by atoms with van der Waals surface area (Å²) in [5.41, 5.74) is 1.87. The molecule has 0 bridgehead atoms. The highest BCUT2D eigenvalue weighted by molar-refractivity contribution is 5.92. The van der Waals surface area contributed by atoms with Gasteiger partial charge in [0.2, 0.25) is 5.91 Å². The van der Waals surface area contributed by atoms with Crippen molar-refractivity contribution in [3.8, 4) is 5.75 Å². The summed E-state index contributed by atoms with van der Waals surface area (Å²) in [7, 11) is 0. The number of rotatable bonds is 6. The van der Waals surface area contributed by atoms with Crippen LogP contribution in [0.15, 0.2) is 54.9 Å². The third-order valence-corrected chi connectivity index (χ3v) is 4.28. The zero-order valence-corrected chi connectivity index (χ0v) is 14.2. The summed E-state index contributed by atoms with van der Waals surface area (Å²) in [5.74, 6) is -0.721. The number of hydrogen-bond donors (Lipinski definition) is 1. The molecule has 134 valence electrons. The molecule has 0 radical (unpaired) electrons. The number of aromatic nitrogens is 1. The van der Waals surface area contributed by atoms with Crippen LogP contribution in [0.5, 0.6) is 5.75 Å². The first-order valence-corrected chi connectivity index (χ1v) is 8.43. The SMILES string of the molecule is O=C(O)C1CCN(C(=O)C=Cc2ccc(OCc3cccnc3)cc2)C1. The normalized spacial score (nSPS) is 16.8. The highest BCUT2D eigenvalue weighted by atomic mass is 16.5. The minimum absolute atomic E-state index is 0.161. The van der Waals surface area contributed by atoms with E-state index in [-0.39, 0.29) is 12.5 Å². The molecule has 1 N–H and O–H groups in total. The van der Waals surface area contributed by atoms with Gasteiger partial charge in [-0.1, -0.05) is 18.2 Å². The van der Waals surface area contributed by atoms with E-state index in [1.54, 1.807) is 23.4 Å². The average molecular weight is 352 g/mol. The van der Waals surface area contributed by atoms with E-state index in [2.05, 4.69) is 4.98 Å². The molecule has 1 fully saturated rings. The third-order valence-electron chi connectivity index (χ3n) is 4.28. The quantitative estimate of drug-likeness (QED) is 0.809. The summed E-state index contributed by atoms with van der Waals surface area (Å²) in [4.78, 5) is 28.7. The van der Waals surface area contributed by atoms with Crippen molar-refractivity contribution < 1.29 is 19.4 Å². The Balaban J connectivity index is 1.51. The lowest BCUT2D eigenvalue weighted by atomic mass is 10.1. The molecule has 0 saturated carbocycles. The fourth-order valence-corrected chi connectivity index (χ4v) is 2.76. The molecule has 1 amide bonds. The largest absolute Gasteiger partial charge is 0.489 e. The molecule has 6 heteroatoms. The van der Waals surface area contributed by atoms with Crippen LogP contribution in [0.25, 0.3) is 6.08 Å². The molecule has 1 unspecified atom stereocenters. The smallest absolute Gasteiger partial charge is 0.308 e. The van der Waals surface area contributed by atoms with Gasteiger partial charge in [0.25, 0.3) is 0 Å². The monoisotopic (exact) mass is 352 g/mol. The summed E-state index contributed by atoms with van der Waals surface area (Å²) in [5, 5.41) is 8.99. The molecule has 1 aliphatic rings. The van der Waals surface area contributed by atoms with E-state index in [9.17, 15) is 9.59 Å². The molecule has 6 nitrogen and oxygen atoms in total. The predicted molar refractivity (Wildman–Crippen MR) is 96.4 cm³/mol. The van der Waals surface area contributed by atoms with E-state index in [0.29, 0.717) is 19.6 Å². The van der Waals surface area contributed by atoms with Crippen molar-refractivity contribution in [3.63, 3.8) is 0 Å². The molecule has 2 aromatic rings. The number of hydrogen-bond acceptors (Lipinski definition) is 4. The van der Waals surface area contributed by atoms with Gasteiger partial charge in [-0.15, -0.1) is 0 Å². The van der Waals surface area contributed by atoms with Crippen LogP contribution in [0.2, 0.25) is 0 Å². The number of carboxylic acids is 1. The molecular weight excluding hydrogens is 332 g/mol. The van der Waals surface area contributed by atoms with Crippen LogP contribution in [0.3, 0.4) is 0 Å². The van der Waals surface area contributed by atoms with Crippen LogP contribution in [0.1, 0.15) is 17.5 Å². The Kier molecular flexibility index (Phi) is 5.63.